The summed E-state index contributed by atoms with van der Waals surface area (Å²) in [5, 5.41) is 0.900. The fourth-order valence-electron chi connectivity index (χ4n) is 0.354. The molecular weight excluding hydrogens is 140 g/mol. The van der Waals surface area contributed by atoms with Gasteiger partial charge in [0.2, 0.25) is 0 Å². The molecule has 0 radical (unpaired) electrons. The molecule has 2 nitrogen and oxygen atoms in total. The zero-order valence-electron chi connectivity index (χ0n) is 4.50. The zero-order chi connectivity index (χ0) is 5.82. The molecule has 0 aromatic carbocycles. The van der Waals surface area contributed by atoms with Gasteiger partial charge in [0, 0.05) is 0 Å². The van der Waals surface area contributed by atoms with Crippen molar-refractivity contribution in [3.8, 4) is 0 Å². The van der Waals surface area contributed by atoms with Gasteiger partial charge in [-0.1, -0.05) is 18.7 Å². The second kappa shape index (κ2) is 3.04. The first-order valence-electron chi connectivity index (χ1n) is 2.32. The molecule has 0 atom stereocenters. The van der Waals surface area contributed by atoms with Gasteiger partial charge in [0.25, 0.3) is 0 Å². The molecule has 1 rings (SSSR count). The van der Waals surface area contributed by atoms with Crippen LogP contribution in [0.2, 0.25) is 0 Å². The number of hydrogen-bond donors (Lipinski definition) is 0. The summed E-state index contributed by atoms with van der Waals surface area (Å²) in [5.74, 6) is 1.05. The Morgan fingerprint density at radius 2 is 2.75 bits per heavy atom. The Balaban J connectivity index is 2.50. The van der Waals surface area contributed by atoms with Crippen LogP contribution < -0.4 is 0 Å². The number of thioether (sulfide) groups is 1. The van der Waals surface area contributed by atoms with Crippen LogP contribution >= 0.6 is 23.3 Å². The molecule has 1 aromatic heterocycles. The Kier molecular flexibility index (Phi) is 2.29. The molecular formula is C4H6N2S2. The van der Waals surface area contributed by atoms with Crippen molar-refractivity contribution in [1.82, 2.24) is 9.36 Å². The van der Waals surface area contributed by atoms with E-state index in [2.05, 4.69) is 16.3 Å². The summed E-state index contributed by atoms with van der Waals surface area (Å²) in [4.78, 5) is 3.98. The van der Waals surface area contributed by atoms with Crippen LogP contribution in [0.4, 0.5) is 0 Å². The van der Waals surface area contributed by atoms with Gasteiger partial charge in [0.05, 0.1) is 0 Å². The lowest BCUT2D eigenvalue weighted by atomic mass is 11.0. The minimum atomic E-state index is 0.900. The maximum atomic E-state index is 4.00. The molecule has 0 aliphatic heterocycles. The predicted octanol–water partition coefficient (Wildman–Crippen LogP) is 1.65. The number of aromatic nitrogens is 2. The molecule has 0 aliphatic rings. The zero-order valence-corrected chi connectivity index (χ0v) is 6.13. The molecule has 0 spiro atoms. The van der Waals surface area contributed by atoms with E-state index in [-0.39, 0.29) is 0 Å². The van der Waals surface area contributed by atoms with Crippen molar-refractivity contribution in [2.75, 3.05) is 5.75 Å². The molecule has 4 heteroatoms. The second-order valence-corrected chi connectivity index (χ2v) is 2.98. The van der Waals surface area contributed by atoms with Gasteiger partial charge in [0.15, 0.2) is 5.16 Å². The fraction of sp³-hybridized carbons (Fsp3) is 0.500. The van der Waals surface area contributed by atoms with E-state index in [1.807, 2.05) is 0 Å². The minimum absolute atomic E-state index is 0.900. The first-order chi connectivity index (χ1) is 3.93. The van der Waals surface area contributed by atoms with E-state index in [4.69, 9.17) is 0 Å². The first kappa shape index (κ1) is 6.04. The third kappa shape index (κ3) is 1.45. The van der Waals surface area contributed by atoms with Crippen LogP contribution in [-0.4, -0.2) is 15.1 Å². The van der Waals surface area contributed by atoms with Crippen LogP contribution in [0.5, 0.6) is 0 Å². The highest BCUT2D eigenvalue weighted by molar-refractivity contribution is 7.99. The number of hydrogen-bond acceptors (Lipinski definition) is 4. The monoisotopic (exact) mass is 146 g/mol. The van der Waals surface area contributed by atoms with E-state index in [0.717, 1.165) is 10.9 Å². The topological polar surface area (TPSA) is 25.8 Å². The van der Waals surface area contributed by atoms with Crippen LogP contribution in [0.15, 0.2) is 10.7 Å². The van der Waals surface area contributed by atoms with E-state index >= 15 is 0 Å². The summed E-state index contributed by atoms with van der Waals surface area (Å²) >= 11 is 3.07. The van der Waals surface area contributed by atoms with Crippen molar-refractivity contribution in [2.24, 2.45) is 0 Å². The fourth-order valence-corrected chi connectivity index (χ4v) is 1.48. The molecule has 0 N–H and O–H groups in total. The lowest BCUT2D eigenvalue weighted by Crippen LogP contribution is -1.71. The largest absolute Gasteiger partial charge is 0.218 e. The Morgan fingerprint density at radius 3 is 3.25 bits per heavy atom. The van der Waals surface area contributed by atoms with E-state index < -0.39 is 0 Å². The van der Waals surface area contributed by atoms with Crippen LogP contribution in [0.25, 0.3) is 0 Å². The summed E-state index contributed by atoms with van der Waals surface area (Å²) in [6, 6.07) is 0. The Hall–Kier alpha value is -0.0900. The highest BCUT2D eigenvalue weighted by Gasteiger charge is 1.91. The molecule has 1 aromatic rings. The number of nitrogens with zero attached hydrogens (tertiary/aromatic N) is 2. The molecule has 44 valence electrons. The van der Waals surface area contributed by atoms with Crippen LogP contribution in [0, 0.1) is 0 Å². The van der Waals surface area contributed by atoms with Crippen LogP contribution in [0.3, 0.4) is 0 Å². The molecule has 0 amide bonds. The van der Waals surface area contributed by atoms with Gasteiger partial charge in [-0.2, -0.15) is 4.37 Å². The van der Waals surface area contributed by atoms with Crippen LogP contribution in [0.1, 0.15) is 6.92 Å². The summed E-state index contributed by atoms with van der Waals surface area (Å²) in [6.45, 7) is 2.09. The standard InChI is InChI=1S/C4H6N2S2/c1-2-7-4-5-3-8-6-4/h3H,2H2,1H3. The summed E-state index contributed by atoms with van der Waals surface area (Å²) in [5.41, 5.74) is 1.75. The van der Waals surface area contributed by atoms with E-state index in [1.165, 1.54) is 11.5 Å². The van der Waals surface area contributed by atoms with Crippen molar-refractivity contribution in [2.45, 2.75) is 12.1 Å². The van der Waals surface area contributed by atoms with Crippen molar-refractivity contribution < 1.29 is 0 Å². The van der Waals surface area contributed by atoms with Gasteiger partial charge in [-0.25, -0.2) is 4.98 Å². The smallest absolute Gasteiger partial charge is 0.200 e. The van der Waals surface area contributed by atoms with Gasteiger partial charge >= 0.3 is 0 Å². The molecule has 0 fully saturated rings. The molecule has 0 saturated carbocycles. The molecule has 0 bridgehead atoms. The SMILES string of the molecule is CCSc1ncsn1. The maximum absolute atomic E-state index is 4.00. The van der Waals surface area contributed by atoms with E-state index in [9.17, 15) is 0 Å². The highest BCUT2D eigenvalue weighted by Crippen LogP contribution is 2.11. The van der Waals surface area contributed by atoms with Crippen molar-refractivity contribution >= 4 is 23.3 Å². The predicted molar refractivity (Wildman–Crippen MR) is 36.3 cm³/mol. The second-order valence-electron chi connectivity index (χ2n) is 1.15. The normalized spacial score (nSPS) is 9.62. The quantitative estimate of drug-likeness (QED) is 0.593. The van der Waals surface area contributed by atoms with Crippen LogP contribution in [-0.2, 0) is 0 Å². The Bertz CT molecular complexity index is 138. The van der Waals surface area contributed by atoms with Crippen molar-refractivity contribution in [3.63, 3.8) is 0 Å². The average Bonchev–Trinajstić information content (AvgIpc) is 2.19. The lowest BCUT2D eigenvalue weighted by molar-refractivity contribution is 1.08. The highest BCUT2D eigenvalue weighted by atomic mass is 32.2. The van der Waals surface area contributed by atoms with E-state index in [0.29, 0.717) is 0 Å². The molecule has 8 heavy (non-hydrogen) atoms. The third-order valence-electron chi connectivity index (χ3n) is 0.615. The summed E-state index contributed by atoms with van der Waals surface area (Å²) in [6.07, 6.45) is 0. The van der Waals surface area contributed by atoms with Gasteiger partial charge < -0.3 is 0 Å². The van der Waals surface area contributed by atoms with Gasteiger partial charge in [-0.15, -0.1) is 0 Å². The summed E-state index contributed by atoms with van der Waals surface area (Å²) < 4.78 is 4.00. The number of rotatable bonds is 2. The van der Waals surface area contributed by atoms with Gasteiger partial charge in [0.1, 0.15) is 5.51 Å². The molecule has 1 heterocycles. The minimum Gasteiger partial charge on any atom is -0.218 e. The lowest BCUT2D eigenvalue weighted by Gasteiger charge is -1.82. The maximum Gasteiger partial charge on any atom is 0.200 e. The summed E-state index contributed by atoms with van der Waals surface area (Å²) in [7, 11) is 0. The van der Waals surface area contributed by atoms with Gasteiger partial charge in [-0.05, 0) is 17.3 Å². The Morgan fingerprint density at radius 1 is 1.88 bits per heavy atom. The van der Waals surface area contributed by atoms with E-state index in [1.54, 1.807) is 17.3 Å². The average molecular weight is 146 g/mol. The Labute approximate surface area is 56.5 Å². The third-order valence-corrected chi connectivity index (χ3v) is 1.95. The van der Waals surface area contributed by atoms with Crippen molar-refractivity contribution in [1.29, 1.82) is 0 Å². The molecule has 0 aliphatic carbocycles. The first-order valence-corrected chi connectivity index (χ1v) is 4.15. The molecule has 0 saturated heterocycles. The molecule has 0 unspecified atom stereocenters. The van der Waals surface area contributed by atoms with Crippen molar-refractivity contribution in [3.05, 3.63) is 5.51 Å². The van der Waals surface area contributed by atoms with Gasteiger partial charge in [-0.3, -0.25) is 0 Å².